The molecule has 1 N–H and O–H groups in total. The molecule has 3 rings (SSSR count). The summed E-state index contributed by atoms with van der Waals surface area (Å²) in [5, 5.41) is 6.58. The third-order valence-corrected chi connectivity index (χ3v) is 3.12. The van der Waals surface area contributed by atoms with E-state index in [4.69, 9.17) is 9.26 Å². The molecule has 0 aliphatic carbocycles. The summed E-state index contributed by atoms with van der Waals surface area (Å²) < 4.78 is 10.7. The van der Waals surface area contributed by atoms with Crippen molar-refractivity contribution in [2.24, 2.45) is 0 Å². The van der Waals surface area contributed by atoms with Crippen LogP contribution < -0.4 is 10.1 Å². The second kappa shape index (κ2) is 6.74. The Morgan fingerprint density at radius 1 is 1.26 bits per heavy atom. The Labute approximate surface area is 133 Å². The minimum atomic E-state index is -0.365. The van der Waals surface area contributed by atoms with Crippen molar-refractivity contribution in [1.29, 1.82) is 0 Å². The Kier molecular flexibility index (Phi) is 4.33. The van der Waals surface area contributed by atoms with Gasteiger partial charge < -0.3 is 14.6 Å². The summed E-state index contributed by atoms with van der Waals surface area (Å²) in [6.45, 7) is 2.40. The van der Waals surface area contributed by atoms with Crippen molar-refractivity contribution >= 4 is 11.6 Å². The zero-order valence-electron chi connectivity index (χ0n) is 12.5. The molecule has 116 valence electrons. The normalized spacial score (nSPS) is 10.3. The molecule has 23 heavy (non-hydrogen) atoms. The van der Waals surface area contributed by atoms with Crippen LogP contribution in [0.15, 0.2) is 59.4 Å². The van der Waals surface area contributed by atoms with Crippen LogP contribution in [0.4, 0.5) is 5.69 Å². The van der Waals surface area contributed by atoms with E-state index >= 15 is 0 Å². The summed E-state index contributed by atoms with van der Waals surface area (Å²) in [5.41, 5.74) is 1.54. The molecule has 0 atom stereocenters. The molecular weight excluding hydrogens is 294 g/mol. The molecule has 0 fully saturated rings. The summed E-state index contributed by atoms with van der Waals surface area (Å²) in [7, 11) is 0. The number of hydrogen-bond acceptors (Lipinski definition) is 5. The SMILES string of the molecule is CCOc1ccccc1NC(=O)c1cc(-c2cccnc2)on1. The summed E-state index contributed by atoms with van der Waals surface area (Å²) in [5.74, 6) is 0.733. The van der Waals surface area contributed by atoms with Gasteiger partial charge in [-0.15, -0.1) is 0 Å². The number of benzene rings is 1. The van der Waals surface area contributed by atoms with Gasteiger partial charge >= 0.3 is 0 Å². The number of nitrogens with zero attached hydrogens (tertiary/aromatic N) is 2. The number of ether oxygens (including phenoxy) is 1. The second-order valence-corrected chi connectivity index (χ2v) is 4.70. The molecule has 0 radical (unpaired) electrons. The van der Waals surface area contributed by atoms with E-state index in [1.807, 2.05) is 25.1 Å². The van der Waals surface area contributed by atoms with Gasteiger partial charge in [0.2, 0.25) is 0 Å². The fourth-order valence-electron chi connectivity index (χ4n) is 2.06. The first kappa shape index (κ1) is 14.8. The highest BCUT2D eigenvalue weighted by Crippen LogP contribution is 2.25. The van der Waals surface area contributed by atoms with Gasteiger partial charge in [-0.25, -0.2) is 0 Å². The number of hydrogen-bond donors (Lipinski definition) is 1. The highest BCUT2D eigenvalue weighted by Gasteiger charge is 2.15. The topological polar surface area (TPSA) is 77.2 Å². The first-order valence-corrected chi connectivity index (χ1v) is 7.18. The van der Waals surface area contributed by atoms with Crippen LogP contribution in [0.3, 0.4) is 0 Å². The van der Waals surface area contributed by atoms with Crippen LogP contribution in [0.25, 0.3) is 11.3 Å². The maximum absolute atomic E-state index is 12.3. The second-order valence-electron chi connectivity index (χ2n) is 4.70. The standard InChI is InChI=1S/C17H15N3O3/c1-2-22-15-8-4-3-7-13(15)19-17(21)14-10-16(23-20-14)12-6-5-9-18-11-12/h3-11H,2H2,1H3,(H,19,21). The first-order chi connectivity index (χ1) is 11.3. The third-order valence-electron chi connectivity index (χ3n) is 3.12. The van der Waals surface area contributed by atoms with E-state index in [2.05, 4.69) is 15.5 Å². The van der Waals surface area contributed by atoms with Gasteiger partial charge in [0.25, 0.3) is 5.91 Å². The van der Waals surface area contributed by atoms with Crippen molar-refractivity contribution in [3.05, 3.63) is 60.6 Å². The van der Waals surface area contributed by atoms with E-state index < -0.39 is 0 Å². The number of carbonyl (C=O) groups is 1. The molecule has 0 aliphatic heterocycles. The summed E-state index contributed by atoms with van der Waals surface area (Å²) in [6, 6.07) is 12.4. The van der Waals surface area contributed by atoms with E-state index in [1.54, 1.807) is 36.7 Å². The average Bonchev–Trinajstić information content (AvgIpc) is 3.08. The van der Waals surface area contributed by atoms with Crippen molar-refractivity contribution < 1.29 is 14.1 Å². The molecule has 0 unspecified atom stereocenters. The summed E-state index contributed by atoms with van der Waals surface area (Å²) in [6.07, 6.45) is 3.31. The Morgan fingerprint density at radius 2 is 2.13 bits per heavy atom. The van der Waals surface area contributed by atoms with E-state index in [1.165, 1.54) is 0 Å². The smallest absolute Gasteiger partial charge is 0.277 e. The van der Waals surface area contributed by atoms with Crippen molar-refractivity contribution in [2.75, 3.05) is 11.9 Å². The predicted molar refractivity (Wildman–Crippen MR) is 85.3 cm³/mol. The number of para-hydroxylation sites is 2. The number of rotatable bonds is 5. The molecule has 0 spiro atoms. The van der Waals surface area contributed by atoms with Gasteiger partial charge in [0.15, 0.2) is 11.5 Å². The first-order valence-electron chi connectivity index (χ1n) is 7.18. The maximum atomic E-state index is 12.3. The van der Waals surface area contributed by atoms with Crippen LogP contribution in [-0.2, 0) is 0 Å². The molecular formula is C17H15N3O3. The maximum Gasteiger partial charge on any atom is 0.277 e. The van der Waals surface area contributed by atoms with Crippen LogP contribution in [0.5, 0.6) is 5.75 Å². The van der Waals surface area contributed by atoms with Gasteiger partial charge in [-0.05, 0) is 31.2 Å². The van der Waals surface area contributed by atoms with Crippen LogP contribution >= 0.6 is 0 Å². The molecule has 2 aromatic heterocycles. The molecule has 0 aliphatic rings. The van der Waals surface area contributed by atoms with Crippen molar-refractivity contribution in [2.45, 2.75) is 6.92 Å². The molecule has 0 saturated heterocycles. The lowest BCUT2D eigenvalue weighted by Crippen LogP contribution is -2.13. The molecule has 6 heteroatoms. The molecule has 1 amide bonds. The lowest BCUT2D eigenvalue weighted by molar-refractivity contribution is 0.101. The Balaban J connectivity index is 1.78. The van der Waals surface area contributed by atoms with E-state index in [0.29, 0.717) is 23.8 Å². The van der Waals surface area contributed by atoms with Gasteiger partial charge in [0.05, 0.1) is 12.3 Å². The van der Waals surface area contributed by atoms with Crippen molar-refractivity contribution in [3.8, 4) is 17.1 Å². The number of aromatic nitrogens is 2. The predicted octanol–water partition coefficient (Wildman–Crippen LogP) is 3.39. The molecule has 0 saturated carbocycles. The number of pyridine rings is 1. The highest BCUT2D eigenvalue weighted by molar-refractivity contribution is 6.04. The number of carbonyl (C=O) groups excluding carboxylic acids is 1. The Morgan fingerprint density at radius 3 is 2.91 bits per heavy atom. The van der Waals surface area contributed by atoms with Gasteiger partial charge in [0, 0.05) is 24.0 Å². The van der Waals surface area contributed by atoms with Gasteiger partial charge in [0.1, 0.15) is 5.75 Å². The van der Waals surface area contributed by atoms with E-state index in [-0.39, 0.29) is 11.6 Å². The van der Waals surface area contributed by atoms with Crippen molar-refractivity contribution in [3.63, 3.8) is 0 Å². The fourth-order valence-corrected chi connectivity index (χ4v) is 2.06. The summed E-state index contributed by atoms with van der Waals surface area (Å²) in [4.78, 5) is 16.3. The molecule has 6 nitrogen and oxygen atoms in total. The molecule has 3 aromatic rings. The molecule has 2 heterocycles. The molecule has 0 bridgehead atoms. The van der Waals surface area contributed by atoms with E-state index in [0.717, 1.165) is 5.56 Å². The monoisotopic (exact) mass is 309 g/mol. The van der Waals surface area contributed by atoms with E-state index in [9.17, 15) is 4.79 Å². The fraction of sp³-hybridized carbons (Fsp3) is 0.118. The highest BCUT2D eigenvalue weighted by atomic mass is 16.5. The van der Waals surface area contributed by atoms with Crippen LogP contribution in [0.2, 0.25) is 0 Å². The van der Waals surface area contributed by atoms with Crippen LogP contribution in [0.1, 0.15) is 17.4 Å². The minimum Gasteiger partial charge on any atom is -0.492 e. The Bertz CT molecular complexity index is 800. The largest absolute Gasteiger partial charge is 0.492 e. The average molecular weight is 309 g/mol. The quantitative estimate of drug-likeness (QED) is 0.781. The van der Waals surface area contributed by atoms with Gasteiger partial charge in [-0.1, -0.05) is 17.3 Å². The Hall–Kier alpha value is -3.15. The van der Waals surface area contributed by atoms with Gasteiger partial charge in [-0.3, -0.25) is 9.78 Å². The number of anilines is 1. The molecule has 1 aromatic carbocycles. The minimum absolute atomic E-state index is 0.190. The van der Waals surface area contributed by atoms with Gasteiger partial charge in [-0.2, -0.15) is 0 Å². The lowest BCUT2D eigenvalue weighted by Gasteiger charge is -2.09. The third kappa shape index (κ3) is 3.37. The zero-order valence-corrected chi connectivity index (χ0v) is 12.5. The van der Waals surface area contributed by atoms with Crippen LogP contribution in [-0.4, -0.2) is 22.7 Å². The number of nitrogens with one attached hydrogen (secondary N) is 1. The van der Waals surface area contributed by atoms with Crippen LogP contribution in [0, 0.1) is 0 Å². The summed E-state index contributed by atoms with van der Waals surface area (Å²) >= 11 is 0. The zero-order chi connectivity index (χ0) is 16.1. The number of amides is 1. The van der Waals surface area contributed by atoms with Crippen molar-refractivity contribution in [1.82, 2.24) is 10.1 Å². The lowest BCUT2D eigenvalue weighted by atomic mass is 10.2.